The molecule has 2 aliphatic rings. The molecule has 0 radical (unpaired) electrons. The number of rotatable bonds is 3. The molecule has 0 saturated carbocycles. The summed E-state index contributed by atoms with van der Waals surface area (Å²) >= 11 is 0. The quantitative estimate of drug-likeness (QED) is 0.684. The highest BCUT2D eigenvalue weighted by Gasteiger charge is 2.20. The van der Waals surface area contributed by atoms with E-state index < -0.39 is 0 Å². The van der Waals surface area contributed by atoms with Crippen LogP contribution in [0.4, 0.5) is 0 Å². The van der Waals surface area contributed by atoms with Crippen molar-refractivity contribution in [1.82, 2.24) is 10.6 Å². The molecule has 1 heterocycles. The van der Waals surface area contributed by atoms with Crippen LogP contribution in [0.2, 0.25) is 0 Å². The maximum atomic E-state index is 11.8. The second-order valence-electron chi connectivity index (χ2n) is 4.42. The van der Waals surface area contributed by atoms with E-state index in [0.29, 0.717) is 6.54 Å². The summed E-state index contributed by atoms with van der Waals surface area (Å²) in [5.74, 6) is 0.347. The van der Waals surface area contributed by atoms with E-state index in [4.69, 9.17) is 4.74 Å². The number of hydrogen-bond acceptors (Lipinski definition) is 3. The number of carbonyl (C=O) groups is 1. The summed E-state index contributed by atoms with van der Waals surface area (Å²) in [7, 11) is 0. The molecule has 1 amide bonds. The Morgan fingerprint density at radius 1 is 1.50 bits per heavy atom. The summed E-state index contributed by atoms with van der Waals surface area (Å²) < 4.78 is 5.52. The lowest BCUT2D eigenvalue weighted by atomic mass is 9.93. The van der Waals surface area contributed by atoms with Crippen LogP contribution in [0, 0.1) is 5.92 Å². The van der Waals surface area contributed by atoms with Crippen molar-refractivity contribution >= 4 is 5.91 Å². The summed E-state index contributed by atoms with van der Waals surface area (Å²) in [6.07, 6.45) is 7.28. The van der Waals surface area contributed by atoms with Crippen molar-refractivity contribution in [3.8, 4) is 0 Å². The van der Waals surface area contributed by atoms with Gasteiger partial charge in [-0.2, -0.15) is 0 Å². The van der Waals surface area contributed by atoms with Crippen molar-refractivity contribution in [3.05, 3.63) is 12.2 Å². The van der Waals surface area contributed by atoms with Crippen LogP contribution in [-0.2, 0) is 9.53 Å². The third kappa shape index (κ3) is 3.32. The summed E-state index contributed by atoms with van der Waals surface area (Å²) in [6, 6.07) is 0. The first-order valence-electron chi connectivity index (χ1n) is 6.11. The van der Waals surface area contributed by atoms with Gasteiger partial charge in [0.1, 0.15) is 0 Å². The van der Waals surface area contributed by atoms with E-state index in [-0.39, 0.29) is 17.9 Å². The SMILES string of the molecule is O=C(NCC1CNCCO1)C1CC=CCC1. The molecule has 16 heavy (non-hydrogen) atoms. The van der Waals surface area contributed by atoms with Crippen LogP contribution in [0.15, 0.2) is 12.2 Å². The predicted octanol–water partition coefficient (Wildman–Crippen LogP) is 0.447. The van der Waals surface area contributed by atoms with Crippen LogP contribution in [0.25, 0.3) is 0 Å². The van der Waals surface area contributed by atoms with Crippen molar-refractivity contribution in [3.63, 3.8) is 0 Å². The van der Waals surface area contributed by atoms with Gasteiger partial charge in [-0.15, -0.1) is 0 Å². The summed E-state index contributed by atoms with van der Waals surface area (Å²) in [6.45, 7) is 3.13. The van der Waals surface area contributed by atoms with E-state index in [0.717, 1.165) is 39.0 Å². The first-order valence-corrected chi connectivity index (χ1v) is 6.11. The molecule has 2 N–H and O–H groups in total. The zero-order chi connectivity index (χ0) is 11.2. The minimum atomic E-state index is 0.136. The Balaban J connectivity index is 1.68. The number of morpholine rings is 1. The Morgan fingerprint density at radius 3 is 3.12 bits per heavy atom. The lowest BCUT2D eigenvalue weighted by molar-refractivity contribution is -0.126. The largest absolute Gasteiger partial charge is 0.374 e. The fourth-order valence-corrected chi connectivity index (χ4v) is 2.14. The fourth-order valence-electron chi connectivity index (χ4n) is 2.14. The van der Waals surface area contributed by atoms with E-state index >= 15 is 0 Å². The Hall–Kier alpha value is -0.870. The van der Waals surface area contributed by atoms with Gasteiger partial charge in [0.2, 0.25) is 5.91 Å². The van der Waals surface area contributed by atoms with Gasteiger partial charge < -0.3 is 15.4 Å². The van der Waals surface area contributed by atoms with Gasteiger partial charge in [0.15, 0.2) is 0 Å². The monoisotopic (exact) mass is 224 g/mol. The number of hydrogen-bond donors (Lipinski definition) is 2. The van der Waals surface area contributed by atoms with Crippen LogP contribution in [0.3, 0.4) is 0 Å². The minimum Gasteiger partial charge on any atom is -0.374 e. The fraction of sp³-hybridized carbons (Fsp3) is 0.750. The van der Waals surface area contributed by atoms with Gasteiger partial charge in [0.25, 0.3) is 0 Å². The number of nitrogens with one attached hydrogen (secondary N) is 2. The predicted molar refractivity (Wildman–Crippen MR) is 62.1 cm³/mol. The minimum absolute atomic E-state index is 0.136. The normalized spacial score (nSPS) is 30.0. The molecule has 2 atom stereocenters. The summed E-state index contributed by atoms with van der Waals surface area (Å²) in [5, 5.41) is 6.23. The molecule has 1 saturated heterocycles. The second-order valence-corrected chi connectivity index (χ2v) is 4.42. The molecule has 90 valence electrons. The van der Waals surface area contributed by atoms with E-state index in [1.54, 1.807) is 0 Å². The number of allylic oxidation sites excluding steroid dienone is 2. The standard InChI is InChI=1S/C12H20N2O2/c15-12(10-4-2-1-3-5-10)14-9-11-8-13-6-7-16-11/h1-2,10-11,13H,3-9H2,(H,14,15). The lowest BCUT2D eigenvalue weighted by Gasteiger charge is -2.25. The highest BCUT2D eigenvalue weighted by atomic mass is 16.5. The van der Waals surface area contributed by atoms with Crippen molar-refractivity contribution in [2.24, 2.45) is 5.92 Å². The van der Waals surface area contributed by atoms with Crippen LogP contribution >= 0.6 is 0 Å². The molecule has 4 nitrogen and oxygen atoms in total. The first-order chi connectivity index (χ1) is 7.86. The summed E-state index contributed by atoms with van der Waals surface area (Å²) in [4.78, 5) is 11.8. The highest BCUT2D eigenvalue weighted by molar-refractivity contribution is 5.78. The second kappa shape index (κ2) is 6.01. The maximum Gasteiger partial charge on any atom is 0.223 e. The Bertz CT molecular complexity index is 260. The average molecular weight is 224 g/mol. The molecule has 0 aromatic carbocycles. The maximum absolute atomic E-state index is 11.8. The molecule has 2 unspecified atom stereocenters. The van der Waals surface area contributed by atoms with Crippen LogP contribution in [0.1, 0.15) is 19.3 Å². The third-order valence-corrected chi connectivity index (χ3v) is 3.15. The van der Waals surface area contributed by atoms with Gasteiger partial charge in [0.05, 0.1) is 12.7 Å². The molecule has 4 heteroatoms. The van der Waals surface area contributed by atoms with Crippen LogP contribution in [-0.4, -0.2) is 38.3 Å². The number of amides is 1. The van der Waals surface area contributed by atoms with E-state index in [2.05, 4.69) is 22.8 Å². The molecule has 0 bridgehead atoms. The van der Waals surface area contributed by atoms with Crippen LogP contribution in [0.5, 0.6) is 0 Å². The molecule has 2 rings (SSSR count). The molecule has 1 aliphatic carbocycles. The molecule has 0 aromatic heterocycles. The zero-order valence-corrected chi connectivity index (χ0v) is 9.58. The van der Waals surface area contributed by atoms with Gasteiger partial charge in [-0.3, -0.25) is 4.79 Å². The molecule has 1 fully saturated rings. The van der Waals surface area contributed by atoms with Crippen LogP contribution < -0.4 is 10.6 Å². The molecule has 0 spiro atoms. The first kappa shape index (κ1) is 11.6. The van der Waals surface area contributed by atoms with Gasteiger partial charge in [-0.1, -0.05) is 12.2 Å². The Morgan fingerprint density at radius 2 is 2.44 bits per heavy atom. The van der Waals surface area contributed by atoms with Crippen molar-refractivity contribution in [2.45, 2.75) is 25.4 Å². The van der Waals surface area contributed by atoms with Gasteiger partial charge in [-0.05, 0) is 19.3 Å². The molecule has 0 aromatic rings. The average Bonchev–Trinajstić information content (AvgIpc) is 2.38. The summed E-state index contributed by atoms with van der Waals surface area (Å²) in [5.41, 5.74) is 0. The van der Waals surface area contributed by atoms with Crippen molar-refractivity contribution < 1.29 is 9.53 Å². The van der Waals surface area contributed by atoms with Crippen molar-refractivity contribution in [1.29, 1.82) is 0 Å². The van der Waals surface area contributed by atoms with Gasteiger partial charge in [-0.25, -0.2) is 0 Å². The van der Waals surface area contributed by atoms with Gasteiger partial charge in [0, 0.05) is 25.6 Å². The lowest BCUT2D eigenvalue weighted by Crippen LogP contribution is -2.46. The van der Waals surface area contributed by atoms with Gasteiger partial charge >= 0.3 is 0 Å². The van der Waals surface area contributed by atoms with E-state index in [1.165, 1.54) is 0 Å². The zero-order valence-electron chi connectivity index (χ0n) is 9.58. The molecular weight excluding hydrogens is 204 g/mol. The third-order valence-electron chi connectivity index (χ3n) is 3.15. The van der Waals surface area contributed by atoms with E-state index in [1.807, 2.05) is 0 Å². The highest BCUT2D eigenvalue weighted by Crippen LogP contribution is 2.17. The Kier molecular flexibility index (Phi) is 4.36. The number of ether oxygens (including phenoxy) is 1. The molecule has 1 aliphatic heterocycles. The smallest absolute Gasteiger partial charge is 0.223 e. The van der Waals surface area contributed by atoms with E-state index in [9.17, 15) is 4.79 Å². The molecular formula is C12H20N2O2. The number of carbonyl (C=O) groups excluding carboxylic acids is 1. The van der Waals surface area contributed by atoms with Crippen molar-refractivity contribution in [2.75, 3.05) is 26.2 Å². The Labute approximate surface area is 96.4 Å². The topological polar surface area (TPSA) is 50.4 Å².